The molecule has 2 aromatic heterocycles. The van der Waals surface area contributed by atoms with Crippen molar-refractivity contribution in [2.24, 2.45) is 19.1 Å². The maximum atomic E-state index is 13.2. The summed E-state index contributed by atoms with van der Waals surface area (Å²) in [7, 11) is 5.16. The lowest BCUT2D eigenvalue weighted by Gasteiger charge is -2.26. The lowest BCUT2D eigenvalue weighted by atomic mass is 10.1. The van der Waals surface area contributed by atoms with Crippen molar-refractivity contribution in [1.82, 2.24) is 18.9 Å². The van der Waals surface area contributed by atoms with Gasteiger partial charge in [-0.2, -0.15) is 0 Å². The molecule has 0 radical (unpaired) electrons. The molecule has 0 spiro atoms. The maximum Gasteiger partial charge on any atom is 0.272 e. The number of ether oxygens (including phenoxy) is 2. The molecule has 7 rings (SSSR count). The molecule has 2 N–H and O–H groups in total. The van der Waals surface area contributed by atoms with Gasteiger partial charge >= 0.3 is 0 Å². The van der Waals surface area contributed by atoms with Crippen LogP contribution >= 0.6 is 0 Å². The van der Waals surface area contributed by atoms with Crippen LogP contribution in [-0.2, 0) is 18.9 Å². The third-order valence-electron chi connectivity index (χ3n) is 10.1. The maximum absolute atomic E-state index is 13.2. The summed E-state index contributed by atoms with van der Waals surface area (Å²) in [5.74, 6) is 0.367. The number of amides is 4. The highest BCUT2D eigenvalue weighted by Gasteiger charge is 2.32. The Bertz CT molecular complexity index is 2060. The second-order valence-electron chi connectivity index (χ2n) is 13.8. The Morgan fingerprint density at radius 1 is 0.830 bits per heavy atom. The van der Waals surface area contributed by atoms with Gasteiger partial charge in [-0.3, -0.25) is 24.2 Å². The van der Waals surface area contributed by atoms with Gasteiger partial charge in [-0.25, -0.2) is 0 Å². The molecule has 0 saturated carbocycles. The number of fused-ring (bicyclic) bond motifs is 2. The van der Waals surface area contributed by atoms with E-state index in [4.69, 9.17) is 9.47 Å². The minimum Gasteiger partial charge on any atom is -0.493 e. The minimum absolute atomic E-state index is 0.00942. The summed E-state index contributed by atoms with van der Waals surface area (Å²) in [5.41, 5.74) is 5.08. The lowest BCUT2D eigenvalue weighted by Crippen LogP contribution is -2.36. The fourth-order valence-electron chi connectivity index (χ4n) is 7.25. The van der Waals surface area contributed by atoms with Crippen molar-refractivity contribution in [3.8, 4) is 22.6 Å². The average molecular weight is 720 g/mol. The number of nitrogens with zero attached hydrogens (tertiary/aromatic N) is 5. The van der Waals surface area contributed by atoms with Gasteiger partial charge in [0.05, 0.1) is 36.7 Å². The van der Waals surface area contributed by atoms with E-state index in [-0.39, 0.29) is 42.7 Å². The fraction of sp³-hybridized carbons (Fsp3) is 0.375. The number of rotatable bonds is 11. The van der Waals surface area contributed by atoms with E-state index in [2.05, 4.69) is 15.6 Å². The standard InChI is InChI=1S/C40H45N7O6/c1-44-24-27(19-34(44)40(51)46-15-5-4-6-16-46)26-11-13-28(14-12-26)43-38(49)33-20-29(25-45(33)2)42-37(48)10-8-18-53-36-22-32-31(21-35(36)52-3)39(50)47-17-7-9-30(47)23-41-32/h11-14,19-25,30H,4-10,15-18H2,1-3H3,(H,42,48)(H,43,49)/t30-/m0/s1. The number of anilines is 2. The van der Waals surface area contributed by atoms with Crippen molar-refractivity contribution < 1.29 is 28.7 Å². The molecular formula is C40H45N7O6. The molecule has 2 aromatic carbocycles. The molecule has 5 heterocycles. The highest BCUT2D eigenvalue weighted by Crippen LogP contribution is 2.38. The number of aryl methyl sites for hydroxylation is 2. The smallest absolute Gasteiger partial charge is 0.272 e. The molecule has 3 aliphatic rings. The number of aliphatic imine (C=N–C) groups is 1. The molecule has 2 fully saturated rings. The topological polar surface area (TPSA) is 139 Å². The Kier molecular flexibility index (Phi) is 10.3. The zero-order chi connectivity index (χ0) is 37.1. The van der Waals surface area contributed by atoms with Crippen LogP contribution in [0.4, 0.5) is 17.1 Å². The van der Waals surface area contributed by atoms with Crippen LogP contribution in [0.25, 0.3) is 11.1 Å². The minimum atomic E-state index is -0.315. The van der Waals surface area contributed by atoms with Gasteiger partial charge in [-0.15, -0.1) is 0 Å². The van der Waals surface area contributed by atoms with Gasteiger partial charge in [0.1, 0.15) is 11.4 Å². The molecule has 0 bridgehead atoms. The summed E-state index contributed by atoms with van der Waals surface area (Å²) in [6, 6.07) is 14.5. The summed E-state index contributed by atoms with van der Waals surface area (Å²) in [6.45, 7) is 2.56. The van der Waals surface area contributed by atoms with Crippen LogP contribution < -0.4 is 20.1 Å². The molecule has 0 aliphatic carbocycles. The number of carbonyl (C=O) groups is 4. The van der Waals surface area contributed by atoms with Crippen molar-refractivity contribution in [1.29, 1.82) is 0 Å². The average Bonchev–Trinajstić information content (AvgIpc) is 3.88. The quantitative estimate of drug-likeness (QED) is 0.182. The lowest BCUT2D eigenvalue weighted by molar-refractivity contribution is -0.116. The number of benzene rings is 2. The third kappa shape index (κ3) is 7.69. The van der Waals surface area contributed by atoms with Crippen LogP contribution in [-0.4, -0.2) is 88.2 Å². The highest BCUT2D eigenvalue weighted by molar-refractivity contribution is 6.05. The predicted molar refractivity (Wildman–Crippen MR) is 203 cm³/mol. The summed E-state index contributed by atoms with van der Waals surface area (Å²) in [4.78, 5) is 60.5. The largest absolute Gasteiger partial charge is 0.493 e. The number of nitrogens with one attached hydrogen (secondary N) is 2. The van der Waals surface area contributed by atoms with E-state index in [1.54, 1.807) is 36.0 Å². The highest BCUT2D eigenvalue weighted by atomic mass is 16.5. The number of methoxy groups -OCH3 is 1. The molecule has 0 unspecified atom stereocenters. The Morgan fingerprint density at radius 2 is 1.60 bits per heavy atom. The number of piperidine rings is 1. The monoisotopic (exact) mass is 719 g/mol. The van der Waals surface area contributed by atoms with Crippen molar-refractivity contribution >= 4 is 46.9 Å². The van der Waals surface area contributed by atoms with Crippen LogP contribution in [0.3, 0.4) is 0 Å². The first-order chi connectivity index (χ1) is 25.7. The first-order valence-electron chi connectivity index (χ1n) is 18.2. The van der Waals surface area contributed by atoms with Gasteiger partial charge in [0.15, 0.2) is 11.5 Å². The van der Waals surface area contributed by atoms with Gasteiger partial charge in [0.2, 0.25) is 5.91 Å². The number of hydrogen-bond acceptors (Lipinski definition) is 7. The van der Waals surface area contributed by atoms with Crippen molar-refractivity contribution in [3.63, 3.8) is 0 Å². The van der Waals surface area contributed by atoms with Gasteiger partial charge in [0.25, 0.3) is 17.7 Å². The predicted octanol–water partition coefficient (Wildman–Crippen LogP) is 6.04. The van der Waals surface area contributed by atoms with E-state index in [9.17, 15) is 19.2 Å². The van der Waals surface area contributed by atoms with E-state index in [0.29, 0.717) is 58.5 Å². The van der Waals surface area contributed by atoms with Crippen LogP contribution in [0.1, 0.15) is 76.3 Å². The Morgan fingerprint density at radius 3 is 2.38 bits per heavy atom. The van der Waals surface area contributed by atoms with Gasteiger partial charge < -0.3 is 39.0 Å². The molecule has 2 saturated heterocycles. The Labute approximate surface area is 308 Å². The van der Waals surface area contributed by atoms with Gasteiger partial charge in [-0.1, -0.05) is 12.1 Å². The van der Waals surface area contributed by atoms with E-state index < -0.39 is 0 Å². The first-order valence-corrected chi connectivity index (χ1v) is 18.2. The van der Waals surface area contributed by atoms with E-state index in [0.717, 1.165) is 49.9 Å². The molecule has 276 valence electrons. The van der Waals surface area contributed by atoms with Gasteiger partial charge in [-0.05, 0) is 74.4 Å². The normalized spacial score (nSPS) is 16.5. The van der Waals surface area contributed by atoms with Crippen LogP contribution in [0, 0.1) is 0 Å². The zero-order valence-corrected chi connectivity index (χ0v) is 30.4. The van der Waals surface area contributed by atoms with Crippen LogP contribution in [0.5, 0.6) is 11.5 Å². The summed E-state index contributed by atoms with van der Waals surface area (Å²) in [5, 5.41) is 5.79. The van der Waals surface area contributed by atoms with Crippen LogP contribution in [0.2, 0.25) is 0 Å². The van der Waals surface area contributed by atoms with E-state index in [1.807, 2.05) is 64.2 Å². The first kappa shape index (κ1) is 35.5. The molecule has 1 atom stereocenters. The Hall–Kier alpha value is -5.85. The summed E-state index contributed by atoms with van der Waals surface area (Å²) in [6.07, 6.45) is 11.2. The second-order valence-corrected chi connectivity index (χ2v) is 13.8. The molecule has 13 nitrogen and oxygen atoms in total. The third-order valence-corrected chi connectivity index (χ3v) is 10.1. The van der Waals surface area contributed by atoms with Crippen LogP contribution in [0.15, 0.2) is 65.9 Å². The molecule has 13 heteroatoms. The molecule has 3 aliphatic heterocycles. The number of carbonyl (C=O) groups excluding carboxylic acids is 4. The van der Waals surface area contributed by atoms with Crippen molar-refractivity contribution in [2.45, 2.75) is 51.0 Å². The molecule has 4 aromatic rings. The molecular weight excluding hydrogens is 674 g/mol. The van der Waals surface area contributed by atoms with Gasteiger partial charge in [0, 0.05) is 76.1 Å². The fourth-order valence-corrected chi connectivity index (χ4v) is 7.25. The van der Waals surface area contributed by atoms with E-state index in [1.165, 1.54) is 13.5 Å². The summed E-state index contributed by atoms with van der Waals surface area (Å²) < 4.78 is 15.0. The van der Waals surface area contributed by atoms with Crippen molar-refractivity contribution in [2.75, 3.05) is 44.0 Å². The van der Waals surface area contributed by atoms with Crippen molar-refractivity contribution in [3.05, 3.63) is 77.9 Å². The summed E-state index contributed by atoms with van der Waals surface area (Å²) >= 11 is 0. The molecule has 4 amide bonds. The Balaban J connectivity index is 0.900. The second kappa shape index (κ2) is 15.4. The number of hydrogen-bond donors (Lipinski definition) is 2. The van der Waals surface area contributed by atoms with E-state index >= 15 is 0 Å². The zero-order valence-electron chi connectivity index (χ0n) is 30.4. The number of likely N-dealkylation sites (tertiary alicyclic amines) is 1. The SMILES string of the molecule is COc1cc2c(cc1OCCCC(=O)Nc1cc(C(=O)Nc3ccc(-c4cc(C(=O)N5CCCCC5)n(C)c4)cc3)n(C)c1)N=C[C@@H]1CCCN1C2=O. The molecule has 53 heavy (non-hydrogen) atoms. The number of aromatic nitrogens is 2.